The molecule has 0 fully saturated rings. The largest absolute Gasteiger partial charge is 0.497 e. The molecule has 0 aliphatic heterocycles. The van der Waals surface area contributed by atoms with Gasteiger partial charge in [0.2, 0.25) is 0 Å². The number of carbonyl (C=O) groups excluding carboxylic acids is 1. The Balaban J connectivity index is 2.37. The molecule has 0 aliphatic carbocycles. The number of halogens is 1. The first-order valence-corrected chi connectivity index (χ1v) is 6.06. The lowest BCUT2D eigenvalue weighted by atomic mass is 10.0. The summed E-state index contributed by atoms with van der Waals surface area (Å²) in [5.41, 5.74) is 0.344. The molecule has 19 heavy (non-hydrogen) atoms. The van der Waals surface area contributed by atoms with E-state index in [-0.39, 0.29) is 12.2 Å². The average molecular weight is 262 g/mol. The predicted octanol–water partition coefficient (Wildman–Crippen LogP) is 3.09. The maximum absolute atomic E-state index is 14.3. The van der Waals surface area contributed by atoms with Gasteiger partial charge >= 0.3 is 5.97 Å². The van der Waals surface area contributed by atoms with Crippen LogP contribution in [-0.4, -0.2) is 19.7 Å². The van der Waals surface area contributed by atoms with Crippen molar-refractivity contribution in [3.05, 3.63) is 41.7 Å². The highest BCUT2D eigenvalue weighted by atomic mass is 19.1. The number of hydrogen-bond acceptors (Lipinski definition) is 3. The van der Waals surface area contributed by atoms with Crippen LogP contribution in [0, 0.1) is 5.82 Å². The highest BCUT2D eigenvalue weighted by Crippen LogP contribution is 2.25. The van der Waals surface area contributed by atoms with Crippen LogP contribution < -0.4 is 4.74 Å². The number of methoxy groups -OCH3 is 1. The van der Waals surface area contributed by atoms with Crippen molar-refractivity contribution in [2.45, 2.75) is 13.3 Å². The molecule has 0 saturated heterocycles. The Hall–Kier alpha value is -2.10. The fourth-order valence-corrected chi connectivity index (χ4v) is 1.95. The van der Waals surface area contributed by atoms with Crippen LogP contribution in [0.15, 0.2) is 30.3 Å². The molecule has 0 aliphatic rings. The Morgan fingerprint density at radius 1 is 1.26 bits per heavy atom. The van der Waals surface area contributed by atoms with E-state index in [0.29, 0.717) is 23.3 Å². The topological polar surface area (TPSA) is 35.5 Å². The molecule has 3 nitrogen and oxygen atoms in total. The molecule has 0 bridgehead atoms. The number of rotatable bonds is 4. The summed E-state index contributed by atoms with van der Waals surface area (Å²) < 4.78 is 24.2. The van der Waals surface area contributed by atoms with E-state index >= 15 is 0 Å². The average Bonchev–Trinajstić information content (AvgIpc) is 2.42. The molecule has 0 amide bonds. The Bertz CT molecular complexity index is 608. The summed E-state index contributed by atoms with van der Waals surface area (Å²) in [6.45, 7) is 2.02. The number of ether oxygens (including phenoxy) is 2. The van der Waals surface area contributed by atoms with Crippen molar-refractivity contribution >= 4 is 16.7 Å². The lowest BCUT2D eigenvalue weighted by Gasteiger charge is -2.08. The molecule has 0 unspecified atom stereocenters. The summed E-state index contributed by atoms with van der Waals surface area (Å²) >= 11 is 0. The molecule has 0 heterocycles. The molecule has 0 N–H and O–H groups in total. The van der Waals surface area contributed by atoms with Gasteiger partial charge < -0.3 is 9.47 Å². The van der Waals surface area contributed by atoms with Crippen LogP contribution in [0.2, 0.25) is 0 Å². The lowest BCUT2D eigenvalue weighted by molar-refractivity contribution is -0.142. The zero-order valence-corrected chi connectivity index (χ0v) is 10.9. The predicted molar refractivity (Wildman–Crippen MR) is 70.8 cm³/mol. The molecule has 2 aromatic rings. The molecule has 2 aromatic carbocycles. The van der Waals surface area contributed by atoms with Crippen molar-refractivity contribution in [2.24, 2.45) is 0 Å². The highest BCUT2D eigenvalue weighted by Gasteiger charge is 2.12. The molecule has 4 heteroatoms. The third-order valence-electron chi connectivity index (χ3n) is 2.88. The number of carbonyl (C=O) groups is 1. The van der Waals surface area contributed by atoms with E-state index in [9.17, 15) is 9.18 Å². The van der Waals surface area contributed by atoms with E-state index in [4.69, 9.17) is 9.47 Å². The van der Waals surface area contributed by atoms with Crippen molar-refractivity contribution in [2.75, 3.05) is 13.7 Å². The van der Waals surface area contributed by atoms with Crippen molar-refractivity contribution in [3.63, 3.8) is 0 Å². The molecule has 0 spiro atoms. The van der Waals surface area contributed by atoms with Crippen LogP contribution in [0.5, 0.6) is 5.75 Å². The quantitative estimate of drug-likeness (QED) is 0.794. The normalized spacial score (nSPS) is 10.5. The summed E-state index contributed by atoms with van der Waals surface area (Å²) in [6.07, 6.45) is -0.0539. The SMILES string of the molecule is CCOC(=O)Cc1ccc2cc(OC)ccc2c1F. The summed E-state index contributed by atoms with van der Waals surface area (Å²) in [4.78, 5) is 11.4. The Labute approximate surface area is 110 Å². The second-order valence-electron chi connectivity index (χ2n) is 4.11. The maximum atomic E-state index is 14.3. The first kappa shape index (κ1) is 13.3. The van der Waals surface area contributed by atoms with Crippen molar-refractivity contribution in [3.8, 4) is 5.75 Å². The molecule has 0 saturated carbocycles. The van der Waals surface area contributed by atoms with Crippen molar-refractivity contribution in [1.82, 2.24) is 0 Å². The fourth-order valence-electron chi connectivity index (χ4n) is 1.95. The van der Waals surface area contributed by atoms with Gasteiger partial charge in [0.15, 0.2) is 0 Å². The second-order valence-corrected chi connectivity index (χ2v) is 4.11. The minimum absolute atomic E-state index is 0.0539. The van der Waals surface area contributed by atoms with Gasteiger partial charge in [-0.1, -0.05) is 12.1 Å². The highest BCUT2D eigenvalue weighted by molar-refractivity contribution is 5.86. The zero-order valence-electron chi connectivity index (χ0n) is 10.9. The molecule has 2 rings (SSSR count). The number of esters is 1. The Morgan fingerprint density at radius 2 is 2.05 bits per heavy atom. The third-order valence-corrected chi connectivity index (χ3v) is 2.88. The monoisotopic (exact) mass is 262 g/mol. The summed E-state index contributed by atoms with van der Waals surface area (Å²) in [6, 6.07) is 8.48. The summed E-state index contributed by atoms with van der Waals surface area (Å²) in [5.74, 6) is -0.132. The van der Waals surface area contributed by atoms with E-state index in [1.54, 1.807) is 44.4 Å². The van der Waals surface area contributed by atoms with Crippen LogP contribution in [0.1, 0.15) is 12.5 Å². The molecule has 0 aromatic heterocycles. The summed E-state index contributed by atoms with van der Waals surface area (Å²) in [7, 11) is 1.56. The number of fused-ring (bicyclic) bond motifs is 1. The minimum atomic E-state index is -0.422. The standard InChI is InChI=1S/C15H15FO3/c1-3-19-14(17)9-11-5-4-10-8-12(18-2)6-7-13(10)15(11)16/h4-8H,3,9H2,1-2H3. The molecule has 100 valence electrons. The number of benzene rings is 2. The van der Waals surface area contributed by atoms with E-state index in [0.717, 1.165) is 5.39 Å². The lowest BCUT2D eigenvalue weighted by Crippen LogP contribution is -2.08. The molecular formula is C15H15FO3. The van der Waals surface area contributed by atoms with Gasteiger partial charge in [-0.2, -0.15) is 0 Å². The van der Waals surface area contributed by atoms with Crippen LogP contribution in [-0.2, 0) is 16.0 Å². The third kappa shape index (κ3) is 2.84. The van der Waals surface area contributed by atoms with Crippen molar-refractivity contribution in [1.29, 1.82) is 0 Å². The van der Waals surface area contributed by atoms with Gasteiger partial charge in [-0.15, -0.1) is 0 Å². The van der Waals surface area contributed by atoms with Gasteiger partial charge in [0, 0.05) is 5.39 Å². The minimum Gasteiger partial charge on any atom is -0.497 e. The van der Waals surface area contributed by atoms with Gasteiger partial charge in [-0.05, 0) is 36.1 Å². The van der Waals surface area contributed by atoms with Crippen LogP contribution in [0.3, 0.4) is 0 Å². The number of hydrogen-bond donors (Lipinski definition) is 0. The molecule has 0 radical (unpaired) electrons. The van der Waals surface area contributed by atoms with E-state index in [1.807, 2.05) is 0 Å². The smallest absolute Gasteiger partial charge is 0.310 e. The first-order valence-electron chi connectivity index (χ1n) is 6.06. The maximum Gasteiger partial charge on any atom is 0.310 e. The zero-order chi connectivity index (χ0) is 13.8. The Kier molecular flexibility index (Phi) is 4.00. The van der Waals surface area contributed by atoms with Gasteiger partial charge in [0.1, 0.15) is 11.6 Å². The van der Waals surface area contributed by atoms with Gasteiger partial charge in [-0.3, -0.25) is 4.79 Å². The van der Waals surface area contributed by atoms with E-state index in [1.165, 1.54) is 0 Å². The first-order chi connectivity index (χ1) is 9.15. The van der Waals surface area contributed by atoms with Crippen molar-refractivity contribution < 1.29 is 18.7 Å². The summed E-state index contributed by atoms with van der Waals surface area (Å²) in [5, 5.41) is 1.21. The van der Waals surface area contributed by atoms with Crippen LogP contribution in [0.4, 0.5) is 4.39 Å². The van der Waals surface area contributed by atoms with Crippen LogP contribution >= 0.6 is 0 Å². The van der Waals surface area contributed by atoms with Crippen LogP contribution in [0.25, 0.3) is 10.8 Å². The Morgan fingerprint density at radius 3 is 2.74 bits per heavy atom. The fraction of sp³-hybridized carbons (Fsp3) is 0.267. The molecular weight excluding hydrogens is 247 g/mol. The second kappa shape index (κ2) is 5.69. The van der Waals surface area contributed by atoms with E-state index < -0.39 is 5.97 Å². The van der Waals surface area contributed by atoms with Gasteiger partial charge in [0.05, 0.1) is 20.1 Å². The molecule has 0 atom stereocenters. The van der Waals surface area contributed by atoms with E-state index in [2.05, 4.69) is 0 Å². The van der Waals surface area contributed by atoms with Gasteiger partial charge in [0.25, 0.3) is 0 Å². The van der Waals surface area contributed by atoms with Gasteiger partial charge in [-0.25, -0.2) is 4.39 Å².